The second-order valence-electron chi connectivity index (χ2n) is 4.12. The van der Waals surface area contributed by atoms with Crippen LogP contribution in [0.25, 0.3) is 0 Å². The lowest BCUT2D eigenvalue weighted by Crippen LogP contribution is -2.27. The Kier molecular flexibility index (Phi) is 4.82. The minimum atomic E-state index is -0.570. The first kappa shape index (κ1) is 14.3. The van der Waals surface area contributed by atoms with Gasteiger partial charge in [-0.3, -0.25) is 0 Å². The number of thiol groups is 1. The second-order valence-corrected chi connectivity index (χ2v) is 4.84. The van der Waals surface area contributed by atoms with Crippen LogP contribution in [0, 0.1) is 15.5 Å². The van der Waals surface area contributed by atoms with Crippen molar-refractivity contribution in [1.29, 1.82) is 0 Å². The van der Waals surface area contributed by atoms with E-state index in [1.54, 1.807) is 4.68 Å². The quantitative estimate of drug-likeness (QED) is 0.493. The van der Waals surface area contributed by atoms with Gasteiger partial charge in [0.05, 0.1) is 17.8 Å². The van der Waals surface area contributed by atoms with Gasteiger partial charge >= 0.3 is 5.82 Å². The summed E-state index contributed by atoms with van der Waals surface area (Å²) >= 11 is 10.1. The molecule has 0 atom stereocenters. The van der Waals surface area contributed by atoms with E-state index < -0.39 is 4.92 Å². The Bertz CT molecular complexity index is 396. The van der Waals surface area contributed by atoms with Gasteiger partial charge < -0.3 is 10.1 Å². The van der Waals surface area contributed by atoms with Crippen LogP contribution in [-0.4, -0.2) is 20.5 Å². The van der Waals surface area contributed by atoms with Crippen molar-refractivity contribution in [2.24, 2.45) is 5.41 Å². The van der Waals surface area contributed by atoms with Crippen LogP contribution in [0.3, 0.4) is 0 Å². The van der Waals surface area contributed by atoms with Crippen molar-refractivity contribution in [3.05, 3.63) is 21.3 Å². The molecule has 0 amide bonds. The molecule has 1 rings (SSSR count). The summed E-state index contributed by atoms with van der Waals surface area (Å²) in [5, 5.41) is 14.6. The smallest absolute Gasteiger partial charge is 0.358 e. The fourth-order valence-corrected chi connectivity index (χ4v) is 2.45. The van der Waals surface area contributed by atoms with Gasteiger partial charge in [0.2, 0.25) is 0 Å². The highest BCUT2D eigenvalue weighted by Crippen LogP contribution is 2.31. The van der Waals surface area contributed by atoms with Gasteiger partial charge in [-0.05, 0) is 23.5 Å². The van der Waals surface area contributed by atoms with E-state index in [-0.39, 0.29) is 16.3 Å². The molecule has 0 aromatic carbocycles. The van der Waals surface area contributed by atoms with E-state index in [1.165, 1.54) is 6.20 Å². The van der Waals surface area contributed by atoms with Crippen molar-refractivity contribution in [3.8, 4) is 0 Å². The molecule has 0 aliphatic rings. The zero-order valence-corrected chi connectivity index (χ0v) is 11.5. The lowest BCUT2D eigenvalue weighted by Gasteiger charge is -2.28. The summed E-state index contributed by atoms with van der Waals surface area (Å²) in [4.78, 5) is 10.1. The maximum atomic E-state index is 10.6. The Morgan fingerprint density at radius 3 is 2.53 bits per heavy atom. The summed E-state index contributed by atoms with van der Waals surface area (Å²) in [5.74, 6) is 0.428. The van der Waals surface area contributed by atoms with Crippen molar-refractivity contribution in [2.75, 3.05) is 5.75 Å². The molecule has 5 nitrogen and oxygen atoms in total. The average molecular weight is 278 g/mol. The first-order chi connectivity index (χ1) is 7.98. The molecule has 1 heterocycles. The first-order valence-electron chi connectivity index (χ1n) is 5.46. The minimum Gasteiger partial charge on any atom is -0.358 e. The monoisotopic (exact) mass is 277 g/mol. The van der Waals surface area contributed by atoms with Crippen molar-refractivity contribution >= 4 is 30.0 Å². The lowest BCUT2D eigenvalue weighted by molar-refractivity contribution is -0.389. The third-order valence-corrected chi connectivity index (χ3v) is 4.14. The van der Waals surface area contributed by atoms with Gasteiger partial charge in [0, 0.05) is 5.41 Å². The number of nitrogens with zero attached hydrogens (tertiary/aromatic N) is 3. The average Bonchev–Trinajstić information content (AvgIpc) is 2.67. The van der Waals surface area contributed by atoms with Gasteiger partial charge in [0.1, 0.15) is 0 Å². The third kappa shape index (κ3) is 3.13. The summed E-state index contributed by atoms with van der Waals surface area (Å²) in [5.41, 5.74) is 0.00628. The summed E-state index contributed by atoms with van der Waals surface area (Å²) < 4.78 is 1.55. The summed E-state index contributed by atoms with van der Waals surface area (Å²) in [7, 11) is 0. The normalized spacial score (nSPS) is 11.8. The highest BCUT2D eigenvalue weighted by Gasteiger charge is 2.29. The molecule has 0 saturated heterocycles. The molecular weight excluding hydrogens is 262 g/mol. The summed E-state index contributed by atoms with van der Waals surface area (Å²) in [6, 6.07) is 0. The van der Waals surface area contributed by atoms with Crippen LogP contribution in [0.1, 0.15) is 26.7 Å². The largest absolute Gasteiger partial charge is 0.408 e. The van der Waals surface area contributed by atoms with Crippen molar-refractivity contribution in [3.63, 3.8) is 0 Å². The van der Waals surface area contributed by atoms with Crippen molar-refractivity contribution in [1.82, 2.24) is 9.78 Å². The molecule has 96 valence electrons. The molecule has 0 N–H and O–H groups in total. The molecule has 0 aliphatic carbocycles. The maximum Gasteiger partial charge on any atom is 0.408 e. The molecule has 1 aromatic heterocycles. The highest BCUT2D eigenvalue weighted by atomic mass is 35.5. The van der Waals surface area contributed by atoms with Crippen LogP contribution in [0.2, 0.25) is 5.02 Å². The van der Waals surface area contributed by atoms with Crippen LogP contribution in [0.5, 0.6) is 0 Å². The van der Waals surface area contributed by atoms with Crippen LogP contribution < -0.4 is 0 Å². The fraction of sp³-hybridized carbons (Fsp3) is 0.700. The highest BCUT2D eigenvalue weighted by molar-refractivity contribution is 7.80. The number of halogens is 1. The standard InChI is InChI=1S/C10H16ClN3O2S/c1-3-10(4-2,7-17)6-13-5-8(11)9(12-13)14(15)16/h5,17H,3-4,6-7H2,1-2H3. The summed E-state index contributed by atoms with van der Waals surface area (Å²) in [6.45, 7) is 4.76. The van der Waals surface area contributed by atoms with E-state index in [0.717, 1.165) is 12.8 Å². The van der Waals surface area contributed by atoms with Crippen LogP contribution in [0.4, 0.5) is 5.82 Å². The molecule has 7 heteroatoms. The maximum absolute atomic E-state index is 10.6. The topological polar surface area (TPSA) is 61.0 Å². The Labute approximate surface area is 111 Å². The number of hydrogen-bond donors (Lipinski definition) is 1. The Hall–Kier alpha value is -0.750. The van der Waals surface area contributed by atoms with Crippen LogP contribution in [0.15, 0.2) is 6.20 Å². The number of nitro groups is 1. The Balaban J connectivity index is 2.95. The number of hydrogen-bond acceptors (Lipinski definition) is 4. The first-order valence-corrected chi connectivity index (χ1v) is 6.47. The van der Waals surface area contributed by atoms with Crippen LogP contribution in [-0.2, 0) is 6.54 Å². The van der Waals surface area contributed by atoms with Crippen LogP contribution >= 0.6 is 24.2 Å². The molecule has 0 bridgehead atoms. The molecule has 1 aromatic rings. The SMILES string of the molecule is CCC(CC)(CS)Cn1cc(Cl)c([N+](=O)[O-])n1. The van der Waals surface area contributed by atoms with Gasteiger partial charge in [-0.25, -0.2) is 0 Å². The molecular formula is C10H16ClN3O2S. The minimum absolute atomic E-state index is 0.00628. The number of aromatic nitrogens is 2. The molecule has 0 aliphatic heterocycles. The molecule has 17 heavy (non-hydrogen) atoms. The Morgan fingerprint density at radius 2 is 2.18 bits per heavy atom. The van der Waals surface area contributed by atoms with E-state index in [1.807, 2.05) is 0 Å². The molecule has 0 fully saturated rings. The lowest BCUT2D eigenvalue weighted by atomic mass is 9.84. The second kappa shape index (κ2) is 5.73. The van der Waals surface area contributed by atoms with Gasteiger partial charge in [0.15, 0.2) is 5.02 Å². The zero-order chi connectivity index (χ0) is 13.1. The fourth-order valence-electron chi connectivity index (χ4n) is 1.68. The van der Waals surface area contributed by atoms with E-state index in [0.29, 0.717) is 12.3 Å². The van der Waals surface area contributed by atoms with Gasteiger partial charge in [-0.15, -0.1) is 0 Å². The Morgan fingerprint density at radius 1 is 1.59 bits per heavy atom. The molecule has 0 saturated carbocycles. The van der Waals surface area contributed by atoms with Gasteiger partial charge in [0.25, 0.3) is 0 Å². The van der Waals surface area contributed by atoms with E-state index in [2.05, 4.69) is 31.6 Å². The van der Waals surface area contributed by atoms with Crippen molar-refractivity contribution < 1.29 is 4.92 Å². The molecule has 0 unspecified atom stereocenters. The van der Waals surface area contributed by atoms with Gasteiger partial charge in [-0.1, -0.05) is 25.4 Å². The summed E-state index contributed by atoms with van der Waals surface area (Å²) in [6.07, 6.45) is 3.39. The predicted octanol–water partition coefficient (Wildman–Crippen LogP) is 3.18. The van der Waals surface area contributed by atoms with Crippen molar-refractivity contribution in [2.45, 2.75) is 33.2 Å². The molecule has 0 spiro atoms. The van der Waals surface area contributed by atoms with E-state index >= 15 is 0 Å². The zero-order valence-electron chi connectivity index (χ0n) is 9.89. The van der Waals surface area contributed by atoms with E-state index in [4.69, 9.17) is 11.6 Å². The number of rotatable bonds is 6. The molecule has 0 radical (unpaired) electrons. The van der Waals surface area contributed by atoms with Gasteiger partial charge in [-0.2, -0.15) is 17.3 Å². The third-order valence-electron chi connectivity index (χ3n) is 3.20. The van der Waals surface area contributed by atoms with E-state index in [9.17, 15) is 10.1 Å². The predicted molar refractivity (Wildman–Crippen MR) is 70.8 cm³/mol.